The molecular formula is C9H21BO2. The third-order valence-corrected chi connectivity index (χ3v) is 2.06. The van der Waals surface area contributed by atoms with Crippen LogP contribution in [0.2, 0.25) is 6.82 Å². The maximum Gasteiger partial charge on any atom is 0.157 e. The third-order valence-electron chi connectivity index (χ3n) is 2.06. The first-order valence-corrected chi connectivity index (χ1v) is 4.63. The highest BCUT2D eigenvalue weighted by Crippen LogP contribution is 2.12. The van der Waals surface area contributed by atoms with Crippen LogP contribution in [0.3, 0.4) is 0 Å². The van der Waals surface area contributed by atoms with Gasteiger partial charge in [-0.15, -0.1) is 0 Å². The minimum atomic E-state index is -0.607. The molecule has 0 aliphatic heterocycles. The van der Waals surface area contributed by atoms with E-state index in [-0.39, 0.29) is 5.50 Å². The van der Waals surface area contributed by atoms with E-state index in [4.69, 9.17) is 4.74 Å². The second kappa shape index (κ2) is 4.29. The summed E-state index contributed by atoms with van der Waals surface area (Å²) in [5.41, 5.74) is -0.658. The molecule has 0 aliphatic carbocycles. The quantitative estimate of drug-likeness (QED) is 0.635. The summed E-state index contributed by atoms with van der Waals surface area (Å²) >= 11 is 0. The van der Waals surface area contributed by atoms with Crippen LogP contribution in [-0.4, -0.2) is 30.1 Å². The summed E-state index contributed by atoms with van der Waals surface area (Å²) in [7, 11) is 0.999. The summed E-state index contributed by atoms with van der Waals surface area (Å²) in [6.45, 7) is 10.5. The Kier molecular flexibility index (Phi) is 4.28. The van der Waals surface area contributed by atoms with Crippen molar-refractivity contribution in [1.29, 1.82) is 0 Å². The van der Waals surface area contributed by atoms with E-state index in [0.717, 1.165) is 7.28 Å². The lowest BCUT2D eigenvalue weighted by molar-refractivity contribution is -0.00736. The van der Waals surface area contributed by atoms with Gasteiger partial charge in [-0.2, -0.15) is 0 Å². The number of ether oxygens (including phenoxy) is 1. The van der Waals surface area contributed by atoms with Gasteiger partial charge in [0.2, 0.25) is 0 Å². The van der Waals surface area contributed by atoms with Crippen LogP contribution < -0.4 is 0 Å². The SMILES string of the molecule is CBC(C)(C)OCCC(C)(C)O. The van der Waals surface area contributed by atoms with E-state index in [0.29, 0.717) is 13.0 Å². The van der Waals surface area contributed by atoms with Crippen LogP contribution in [0.25, 0.3) is 0 Å². The first kappa shape index (κ1) is 12.0. The van der Waals surface area contributed by atoms with Gasteiger partial charge in [0.05, 0.1) is 5.60 Å². The summed E-state index contributed by atoms with van der Waals surface area (Å²) in [6, 6.07) is 0. The van der Waals surface area contributed by atoms with Crippen molar-refractivity contribution in [1.82, 2.24) is 0 Å². The molecule has 0 rings (SSSR count). The molecule has 0 radical (unpaired) electrons. The van der Waals surface area contributed by atoms with E-state index in [9.17, 15) is 5.11 Å². The summed E-state index contributed by atoms with van der Waals surface area (Å²) in [6.07, 6.45) is 0.691. The Balaban J connectivity index is 3.57. The average molecular weight is 172 g/mol. The molecule has 0 spiro atoms. The summed E-state index contributed by atoms with van der Waals surface area (Å²) < 4.78 is 5.59. The molecule has 0 aromatic carbocycles. The summed E-state index contributed by atoms with van der Waals surface area (Å²) in [5, 5.41) is 9.41. The Morgan fingerprint density at radius 3 is 2.08 bits per heavy atom. The van der Waals surface area contributed by atoms with E-state index in [2.05, 4.69) is 20.7 Å². The number of hydrogen-bond donors (Lipinski definition) is 1. The number of hydrogen-bond acceptors (Lipinski definition) is 2. The normalized spacial score (nSPS) is 13.2. The fourth-order valence-corrected chi connectivity index (χ4v) is 0.679. The fraction of sp³-hybridized carbons (Fsp3) is 1.00. The standard InChI is InChI=1S/C9H21BO2/c1-8(2,11)6-7-12-9(3,4)10-5/h10-11H,6-7H2,1-5H3. The molecule has 2 nitrogen and oxygen atoms in total. The molecule has 0 bridgehead atoms. The zero-order valence-corrected chi connectivity index (χ0v) is 8.98. The van der Waals surface area contributed by atoms with Crippen molar-refractivity contribution in [3.05, 3.63) is 0 Å². The van der Waals surface area contributed by atoms with Crippen molar-refractivity contribution in [2.24, 2.45) is 0 Å². The average Bonchev–Trinajstić information content (AvgIpc) is 1.84. The zero-order chi connectivity index (χ0) is 9.83. The van der Waals surface area contributed by atoms with Gasteiger partial charge in [-0.3, -0.25) is 0 Å². The van der Waals surface area contributed by atoms with Gasteiger partial charge >= 0.3 is 0 Å². The van der Waals surface area contributed by atoms with Gasteiger partial charge < -0.3 is 9.84 Å². The van der Waals surface area contributed by atoms with Crippen molar-refractivity contribution in [2.45, 2.75) is 52.0 Å². The van der Waals surface area contributed by atoms with Gasteiger partial charge in [0, 0.05) is 12.1 Å². The topological polar surface area (TPSA) is 29.5 Å². The second-order valence-corrected chi connectivity index (χ2v) is 4.52. The van der Waals surface area contributed by atoms with E-state index in [1.807, 2.05) is 0 Å². The molecule has 0 saturated heterocycles. The van der Waals surface area contributed by atoms with E-state index < -0.39 is 5.60 Å². The molecule has 0 aromatic rings. The molecule has 0 amide bonds. The molecule has 3 heteroatoms. The zero-order valence-electron chi connectivity index (χ0n) is 8.98. The van der Waals surface area contributed by atoms with Gasteiger partial charge in [0.25, 0.3) is 0 Å². The Morgan fingerprint density at radius 1 is 1.25 bits per heavy atom. The maximum atomic E-state index is 9.41. The molecule has 1 N–H and O–H groups in total. The Bertz CT molecular complexity index is 127. The molecule has 0 unspecified atom stereocenters. The van der Waals surface area contributed by atoms with Crippen molar-refractivity contribution in [3.8, 4) is 0 Å². The van der Waals surface area contributed by atoms with E-state index in [1.165, 1.54) is 0 Å². The molecular weight excluding hydrogens is 151 g/mol. The smallest absolute Gasteiger partial charge is 0.157 e. The maximum absolute atomic E-state index is 9.41. The number of rotatable bonds is 5. The Morgan fingerprint density at radius 2 is 1.75 bits per heavy atom. The second-order valence-electron chi connectivity index (χ2n) is 4.52. The van der Waals surface area contributed by atoms with Gasteiger partial charge in [0.15, 0.2) is 7.28 Å². The first-order valence-electron chi connectivity index (χ1n) is 4.63. The van der Waals surface area contributed by atoms with Gasteiger partial charge in [-0.1, -0.05) is 6.82 Å². The van der Waals surface area contributed by atoms with Crippen LogP contribution >= 0.6 is 0 Å². The van der Waals surface area contributed by atoms with Crippen LogP contribution in [0.5, 0.6) is 0 Å². The van der Waals surface area contributed by atoms with Crippen LogP contribution in [0.1, 0.15) is 34.1 Å². The highest BCUT2D eigenvalue weighted by molar-refractivity contribution is 6.37. The number of aliphatic hydroxyl groups is 1. The lowest BCUT2D eigenvalue weighted by Gasteiger charge is -2.25. The molecule has 72 valence electrons. The lowest BCUT2D eigenvalue weighted by atomic mass is 9.65. The molecule has 0 saturated carbocycles. The molecule has 0 aliphatic rings. The Labute approximate surface area is 76.6 Å². The predicted molar refractivity (Wildman–Crippen MR) is 54.0 cm³/mol. The van der Waals surface area contributed by atoms with Crippen LogP contribution in [0.4, 0.5) is 0 Å². The minimum Gasteiger partial charge on any atom is -0.390 e. The minimum absolute atomic E-state index is 0.0503. The molecule has 0 heterocycles. The van der Waals surface area contributed by atoms with Crippen LogP contribution in [0.15, 0.2) is 0 Å². The van der Waals surface area contributed by atoms with Gasteiger partial charge in [0.1, 0.15) is 0 Å². The van der Waals surface area contributed by atoms with Crippen LogP contribution in [0, 0.1) is 0 Å². The lowest BCUT2D eigenvalue weighted by Crippen LogP contribution is -2.32. The van der Waals surface area contributed by atoms with Crippen molar-refractivity contribution in [3.63, 3.8) is 0 Å². The monoisotopic (exact) mass is 172 g/mol. The Hall–Kier alpha value is -0.0151. The van der Waals surface area contributed by atoms with Gasteiger partial charge in [-0.25, -0.2) is 0 Å². The summed E-state index contributed by atoms with van der Waals surface area (Å²) in [5.74, 6) is 0. The highest BCUT2D eigenvalue weighted by Gasteiger charge is 2.18. The summed E-state index contributed by atoms with van der Waals surface area (Å²) in [4.78, 5) is 0. The predicted octanol–water partition coefficient (Wildman–Crippen LogP) is 1.38. The van der Waals surface area contributed by atoms with Crippen molar-refractivity contribution < 1.29 is 9.84 Å². The first-order chi connectivity index (χ1) is 5.27. The van der Waals surface area contributed by atoms with Crippen molar-refractivity contribution in [2.75, 3.05) is 6.61 Å². The molecule has 0 atom stereocenters. The molecule has 0 fully saturated rings. The van der Waals surface area contributed by atoms with Crippen LogP contribution in [-0.2, 0) is 4.74 Å². The van der Waals surface area contributed by atoms with Gasteiger partial charge in [-0.05, 0) is 34.1 Å². The molecule has 12 heavy (non-hydrogen) atoms. The largest absolute Gasteiger partial charge is 0.390 e. The van der Waals surface area contributed by atoms with E-state index >= 15 is 0 Å². The molecule has 0 aromatic heterocycles. The highest BCUT2D eigenvalue weighted by atomic mass is 16.5. The fourth-order valence-electron chi connectivity index (χ4n) is 0.679. The van der Waals surface area contributed by atoms with Crippen molar-refractivity contribution >= 4 is 7.28 Å². The third kappa shape index (κ3) is 6.68. The van der Waals surface area contributed by atoms with E-state index in [1.54, 1.807) is 13.8 Å².